The van der Waals surface area contributed by atoms with Gasteiger partial charge in [0.1, 0.15) is 6.04 Å². The Labute approximate surface area is 133 Å². The fourth-order valence-electron chi connectivity index (χ4n) is 2.44. The number of amides is 3. The van der Waals surface area contributed by atoms with Crippen molar-refractivity contribution in [3.05, 3.63) is 34.9 Å². The normalized spacial score (nSPS) is 14.9. The maximum atomic E-state index is 12.2. The van der Waals surface area contributed by atoms with Crippen LogP contribution in [0.1, 0.15) is 51.3 Å². The van der Waals surface area contributed by atoms with Gasteiger partial charge in [0, 0.05) is 12.6 Å². The van der Waals surface area contributed by atoms with Gasteiger partial charge in [-0.25, -0.2) is 4.79 Å². The molecule has 0 radical (unpaired) electrons. The molecule has 0 aromatic heterocycles. The van der Waals surface area contributed by atoms with E-state index in [1.165, 1.54) is 25.2 Å². The van der Waals surface area contributed by atoms with Crippen molar-refractivity contribution in [2.75, 3.05) is 7.05 Å². The zero-order valence-electron chi connectivity index (χ0n) is 13.1. The van der Waals surface area contributed by atoms with Gasteiger partial charge in [-0.2, -0.15) is 0 Å². The number of carboxylic acid groups (broad SMARTS) is 1. The Hall–Kier alpha value is -2.70. The average Bonchev–Trinajstić information content (AvgIpc) is 2.70. The lowest BCUT2D eigenvalue weighted by atomic mass is 10.0. The Morgan fingerprint density at radius 1 is 1.17 bits per heavy atom. The molecule has 1 unspecified atom stereocenters. The zero-order chi connectivity index (χ0) is 17.3. The molecule has 1 aliphatic heterocycles. The quantitative estimate of drug-likeness (QED) is 0.792. The topological polar surface area (TPSA) is 104 Å². The summed E-state index contributed by atoms with van der Waals surface area (Å²) in [5.41, 5.74) is 0.544. The van der Waals surface area contributed by atoms with Crippen LogP contribution in [0.5, 0.6) is 0 Å². The third-order valence-corrected chi connectivity index (χ3v) is 3.66. The van der Waals surface area contributed by atoms with Crippen molar-refractivity contribution in [2.45, 2.75) is 26.3 Å². The summed E-state index contributed by atoms with van der Waals surface area (Å²) in [6.07, 6.45) is 0.298. The average molecular weight is 318 g/mol. The van der Waals surface area contributed by atoms with E-state index in [1.54, 1.807) is 0 Å². The molecule has 0 saturated heterocycles. The first-order chi connectivity index (χ1) is 10.7. The van der Waals surface area contributed by atoms with Crippen LogP contribution >= 0.6 is 0 Å². The number of aliphatic carboxylic acids is 1. The van der Waals surface area contributed by atoms with Crippen LogP contribution in [0.3, 0.4) is 0 Å². The predicted molar refractivity (Wildman–Crippen MR) is 81.2 cm³/mol. The number of carbonyl (C=O) groups is 4. The van der Waals surface area contributed by atoms with E-state index < -0.39 is 29.7 Å². The second-order valence-electron chi connectivity index (χ2n) is 5.92. The number of carbonyl (C=O) groups excluding carboxylic acids is 3. The number of fused-ring (bicyclic) bond motifs is 1. The van der Waals surface area contributed by atoms with E-state index in [2.05, 4.69) is 5.32 Å². The van der Waals surface area contributed by atoms with Crippen LogP contribution in [0.15, 0.2) is 18.2 Å². The molecule has 1 heterocycles. The monoisotopic (exact) mass is 318 g/mol. The van der Waals surface area contributed by atoms with Crippen LogP contribution < -0.4 is 5.32 Å². The number of nitrogens with zero attached hydrogens (tertiary/aromatic N) is 1. The summed E-state index contributed by atoms with van der Waals surface area (Å²) in [6.45, 7) is 3.72. The van der Waals surface area contributed by atoms with Gasteiger partial charge < -0.3 is 10.4 Å². The van der Waals surface area contributed by atoms with E-state index in [1.807, 2.05) is 13.8 Å². The van der Waals surface area contributed by atoms with Crippen molar-refractivity contribution in [1.82, 2.24) is 10.2 Å². The lowest BCUT2D eigenvalue weighted by Crippen LogP contribution is -2.41. The zero-order valence-corrected chi connectivity index (χ0v) is 13.1. The molecule has 0 spiro atoms. The molecule has 0 fully saturated rings. The number of hydrogen-bond acceptors (Lipinski definition) is 4. The smallest absolute Gasteiger partial charge is 0.326 e. The third kappa shape index (κ3) is 3.23. The van der Waals surface area contributed by atoms with Crippen LogP contribution in [0.2, 0.25) is 0 Å². The summed E-state index contributed by atoms with van der Waals surface area (Å²) in [7, 11) is 1.37. The Morgan fingerprint density at radius 3 is 2.35 bits per heavy atom. The number of hydrogen-bond donors (Lipinski definition) is 2. The fourth-order valence-corrected chi connectivity index (χ4v) is 2.44. The highest BCUT2D eigenvalue weighted by atomic mass is 16.4. The number of carboxylic acids is 1. The summed E-state index contributed by atoms with van der Waals surface area (Å²) in [5.74, 6) is -2.49. The lowest BCUT2D eigenvalue weighted by Gasteiger charge is -2.16. The van der Waals surface area contributed by atoms with Gasteiger partial charge >= 0.3 is 5.97 Å². The first-order valence-corrected chi connectivity index (χ1v) is 7.22. The van der Waals surface area contributed by atoms with E-state index in [0.717, 1.165) is 4.90 Å². The third-order valence-electron chi connectivity index (χ3n) is 3.66. The number of benzene rings is 1. The molecule has 3 amide bonds. The molecular weight excluding hydrogens is 300 g/mol. The van der Waals surface area contributed by atoms with Crippen molar-refractivity contribution >= 4 is 23.7 Å². The predicted octanol–water partition coefficient (Wildman–Crippen LogP) is 1.14. The molecule has 0 saturated carbocycles. The van der Waals surface area contributed by atoms with Crippen molar-refractivity contribution < 1.29 is 24.3 Å². The van der Waals surface area contributed by atoms with Gasteiger partial charge in [-0.3, -0.25) is 19.3 Å². The van der Waals surface area contributed by atoms with Gasteiger partial charge in [0.25, 0.3) is 17.7 Å². The van der Waals surface area contributed by atoms with Crippen molar-refractivity contribution in [1.29, 1.82) is 0 Å². The molecule has 7 heteroatoms. The molecule has 0 aliphatic carbocycles. The van der Waals surface area contributed by atoms with Crippen LogP contribution in [0, 0.1) is 5.92 Å². The summed E-state index contributed by atoms with van der Waals surface area (Å²) in [4.78, 5) is 48.2. The van der Waals surface area contributed by atoms with E-state index in [9.17, 15) is 19.2 Å². The molecule has 2 N–H and O–H groups in total. The summed E-state index contributed by atoms with van der Waals surface area (Å²) in [5, 5.41) is 11.6. The van der Waals surface area contributed by atoms with Crippen LogP contribution in [0.4, 0.5) is 0 Å². The number of imide groups is 1. The Balaban J connectivity index is 2.23. The van der Waals surface area contributed by atoms with Crippen LogP contribution in [0.25, 0.3) is 0 Å². The van der Waals surface area contributed by atoms with Gasteiger partial charge in [-0.15, -0.1) is 0 Å². The highest BCUT2D eigenvalue weighted by Crippen LogP contribution is 2.22. The molecule has 0 bridgehead atoms. The second-order valence-corrected chi connectivity index (χ2v) is 5.92. The summed E-state index contributed by atoms with van der Waals surface area (Å²) < 4.78 is 0. The van der Waals surface area contributed by atoms with Crippen molar-refractivity contribution in [3.63, 3.8) is 0 Å². The Bertz CT molecular complexity index is 696. The van der Waals surface area contributed by atoms with Gasteiger partial charge in [-0.1, -0.05) is 13.8 Å². The van der Waals surface area contributed by atoms with E-state index in [-0.39, 0.29) is 22.6 Å². The highest BCUT2D eigenvalue weighted by molar-refractivity contribution is 6.21. The van der Waals surface area contributed by atoms with Crippen molar-refractivity contribution in [2.24, 2.45) is 5.92 Å². The molecule has 1 atom stereocenters. The molecule has 7 nitrogen and oxygen atoms in total. The second kappa shape index (κ2) is 6.20. The van der Waals surface area contributed by atoms with E-state index >= 15 is 0 Å². The minimum absolute atomic E-state index is 0.101. The molecule has 1 aliphatic rings. The first-order valence-electron chi connectivity index (χ1n) is 7.22. The maximum Gasteiger partial charge on any atom is 0.326 e. The molecule has 1 aromatic rings. The molecule has 122 valence electrons. The SMILES string of the molecule is CC(C)CC(NC(=O)c1ccc2c(c1)C(=O)N(C)C2=O)C(=O)O. The van der Waals surface area contributed by atoms with Gasteiger partial charge in [0.05, 0.1) is 11.1 Å². The largest absolute Gasteiger partial charge is 0.480 e. The molecule has 1 aromatic carbocycles. The highest BCUT2D eigenvalue weighted by Gasteiger charge is 2.33. The summed E-state index contributed by atoms with van der Waals surface area (Å²) >= 11 is 0. The van der Waals surface area contributed by atoms with Crippen LogP contribution in [-0.4, -0.2) is 46.8 Å². The minimum atomic E-state index is -1.11. The van der Waals surface area contributed by atoms with E-state index in [4.69, 9.17) is 5.11 Å². The van der Waals surface area contributed by atoms with Gasteiger partial charge in [0.2, 0.25) is 0 Å². The van der Waals surface area contributed by atoms with Gasteiger partial charge in [-0.05, 0) is 30.5 Å². The molecule has 2 rings (SSSR count). The van der Waals surface area contributed by atoms with E-state index in [0.29, 0.717) is 6.42 Å². The van der Waals surface area contributed by atoms with Crippen LogP contribution in [-0.2, 0) is 4.79 Å². The standard InChI is InChI=1S/C16H18N2O5/c1-8(2)6-12(16(22)23)17-13(19)9-4-5-10-11(7-9)15(21)18(3)14(10)20/h4-5,7-8,12H,6H2,1-3H3,(H,17,19)(H,22,23). The summed E-state index contributed by atoms with van der Waals surface area (Å²) in [6, 6.07) is 3.14. The maximum absolute atomic E-state index is 12.2. The lowest BCUT2D eigenvalue weighted by molar-refractivity contribution is -0.139. The molecule has 23 heavy (non-hydrogen) atoms. The number of nitrogens with one attached hydrogen (secondary N) is 1. The fraction of sp³-hybridized carbons (Fsp3) is 0.375. The minimum Gasteiger partial charge on any atom is -0.480 e. The Kier molecular flexibility index (Phi) is 4.49. The molecular formula is C16H18N2O5. The van der Waals surface area contributed by atoms with Crippen molar-refractivity contribution in [3.8, 4) is 0 Å². The number of rotatable bonds is 5. The van der Waals surface area contributed by atoms with Gasteiger partial charge in [0.15, 0.2) is 0 Å². The first kappa shape index (κ1) is 16.7. The Morgan fingerprint density at radius 2 is 1.78 bits per heavy atom.